The number of hydrogen-bond donors (Lipinski definition) is 3. The molecule has 8 nitrogen and oxygen atoms in total. The smallest absolute Gasteiger partial charge is 0.346 e. The van der Waals surface area contributed by atoms with E-state index in [0.717, 1.165) is 5.39 Å². The molecule has 0 amide bonds. The molecular weight excluding hydrogens is 397 g/mol. The Balaban J connectivity index is 1.62. The van der Waals surface area contributed by atoms with Crippen molar-refractivity contribution >= 4 is 26.8 Å². The van der Waals surface area contributed by atoms with Gasteiger partial charge in [0.1, 0.15) is 18.5 Å². The van der Waals surface area contributed by atoms with Crippen LogP contribution in [0.1, 0.15) is 31.4 Å². The van der Waals surface area contributed by atoms with E-state index in [0.29, 0.717) is 42.7 Å². The van der Waals surface area contributed by atoms with Gasteiger partial charge >= 0.3 is 6.18 Å². The molecule has 0 aliphatic heterocycles. The Morgan fingerprint density at radius 2 is 2.00 bits per heavy atom. The summed E-state index contributed by atoms with van der Waals surface area (Å²) in [4.78, 5) is 11.4. The first kappa shape index (κ1) is 20.5. The molecule has 0 atom stereocenters. The van der Waals surface area contributed by atoms with Crippen LogP contribution in [-0.2, 0) is 10.0 Å². The molecule has 2 aromatic heterocycles. The summed E-state index contributed by atoms with van der Waals surface area (Å²) in [6.45, 7) is -1.55. The van der Waals surface area contributed by atoms with Gasteiger partial charge in [-0.2, -0.15) is 18.3 Å². The number of fused-ring (bicyclic) bond motifs is 1. The summed E-state index contributed by atoms with van der Waals surface area (Å²) in [6.07, 6.45) is 0.960. The average Bonchev–Trinajstić information content (AvgIpc) is 3.11. The zero-order chi connectivity index (χ0) is 20.4. The zero-order valence-electron chi connectivity index (χ0n) is 14.9. The average molecular weight is 418 g/mol. The van der Waals surface area contributed by atoms with E-state index in [1.165, 1.54) is 6.33 Å². The molecule has 12 heteroatoms. The maximum atomic E-state index is 12.2. The van der Waals surface area contributed by atoms with E-state index in [4.69, 9.17) is 5.84 Å². The summed E-state index contributed by atoms with van der Waals surface area (Å²) in [5.41, 5.74) is 1.93. The normalized spacial score (nSPS) is 21.9. The minimum absolute atomic E-state index is 0.0000819. The van der Waals surface area contributed by atoms with Crippen molar-refractivity contribution in [2.24, 2.45) is 22.8 Å². The quantitative estimate of drug-likeness (QED) is 0.375. The summed E-state index contributed by atoms with van der Waals surface area (Å²) in [6, 6.07) is 1.83. The molecule has 0 aromatic carbocycles. The lowest BCUT2D eigenvalue weighted by Gasteiger charge is -2.29. The van der Waals surface area contributed by atoms with Crippen LogP contribution >= 0.6 is 0 Å². The Morgan fingerprint density at radius 3 is 2.64 bits per heavy atom. The predicted octanol–water partition coefficient (Wildman–Crippen LogP) is 1.91. The maximum Gasteiger partial charge on any atom is 0.402 e. The lowest BCUT2D eigenvalue weighted by Crippen LogP contribution is -2.37. The van der Waals surface area contributed by atoms with Gasteiger partial charge < -0.3 is 10.8 Å². The van der Waals surface area contributed by atoms with Crippen molar-refractivity contribution in [1.82, 2.24) is 19.7 Å². The lowest BCUT2D eigenvalue weighted by molar-refractivity contribution is -0.121. The van der Waals surface area contributed by atoms with Gasteiger partial charge in [-0.1, -0.05) is 0 Å². The largest absolute Gasteiger partial charge is 0.402 e. The van der Waals surface area contributed by atoms with Crippen LogP contribution in [0.3, 0.4) is 0 Å². The van der Waals surface area contributed by atoms with E-state index in [1.807, 2.05) is 6.07 Å². The fourth-order valence-corrected chi connectivity index (χ4v) is 5.06. The van der Waals surface area contributed by atoms with E-state index in [2.05, 4.69) is 20.1 Å². The number of aromatic nitrogens is 3. The summed E-state index contributed by atoms with van der Waals surface area (Å²) < 4.78 is 62.1. The molecule has 0 radical (unpaired) electrons. The number of sulfonamides is 1. The number of nitrogens with zero attached hydrogens (tertiary/aromatic N) is 3. The molecule has 1 saturated carbocycles. The van der Waals surface area contributed by atoms with Crippen molar-refractivity contribution < 1.29 is 21.6 Å². The molecule has 1 aliphatic rings. The van der Waals surface area contributed by atoms with Crippen molar-refractivity contribution in [2.45, 2.75) is 31.9 Å². The Hall–Kier alpha value is -2.21. The van der Waals surface area contributed by atoms with E-state index in [-0.39, 0.29) is 17.6 Å². The standard InChI is InChI=1S/C16H21F3N6O2S/c17-16(18,19)8-24-28(26,27)7-10-1-3-11(4-2-10)13(25-20)14-12-5-6-21-15(12)23-9-22-14/h5-6,9-11,24H,1-4,7-8,20H2,(H,21,22,23). The number of nitrogens with two attached hydrogens (primary N) is 1. The van der Waals surface area contributed by atoms with E-state index < -0.39 is 22.7 Å². The van der Waals surface area contributed by atoms with Crippen LogP contribution in [0.5, 0.6) is 0 Å². The zero-order valence-corrected chi connectivity index (χ0v) is 15.7. The minimum atomic E-state index is -4.57. The predicted molar refractivity (Wildman–Crippen MR) is 97.9 cm³/mol. The van der Waals surface area contributed by atoms with Gasteiger partial charge in [0.25, 0.3) is 0 Å². The second kappa shape index (κ2) is 8.03. The minimum Gasteiger partial charge on any atom is -0.346 e. The Morgan fingerprint density at radius 1 is 1.29 bits per heavy atom. The number of nitrogens with one attached hydrogen (secondary N) is 2. The van der Waals surface area contributed by atoms with Crippen molar-refractivity contribution in [3.05, 3.63) is 24.3 Å². The van der Waals surface area contributed by atoms with Crippen LogP contribution in [0.4, 0.5) is 13.2 Å². The molecule has 2 heterocycles. The molecule has 0 spiro atoms. The second-order valence-corrected chi connectivity index (χ2v) is 8.76. The number of hydrogen-bond acceptors (Lipinski definition) is 6. The van der Waals surface area contributed by atoms with Crippen LogP contribution in [0.15, 0.2) is 23.7 Å². The number of alkyl halides is 3. The number of rotatable bonds is 6. The molecule has 2 aromatic rings. The van der Waals surface area contributed by atoms with Gasteiger partial charge in [-0.05, 0) is 37.7 Å². The third-order valence-electron chi connectivity index (χ3n) is 4.92. The fourth-order valence-electron chi connectivity index (χ4n) is 3.60. The van der Waals surface area contributed by atoms with Crippen molar-refractivity contribution in [2.75, 3.05) is 12.3 Å². The van der Waals surface area contributed by atoms with Crippen molar-refractivity contribution in [1.29, 1.82) is 0 Å². The van der Waals surface area contributed by atoms with E-state index >= 15 is 0 Å². The highest BCUT2D eigenvalue weighted by molar-refractivity contribution is 7.89. The third kappa shape index (κ3) is 4.98. The molecule has 0 saturated heterocycles. The van der Waals surface area contributed by atoms with Gasteiger partial charge in [0.15, 0.2) is 0 Å². The van der Waals surface area contributed by atoms with Gasteiger partial charge in [-0.3, -0.25) is 0 Å². The molecule has 1 fully saturated rings. The Kier molecular flexibility index (Phi) is 5.89. The lowest BCUT2D eigenvalue weighted by atomic mass is 9.79. The first-order valence-electron chi connectivity index (χ1n) is 8.79. The summed E-state index contributed by atoms with van der Waals surface area (Å²) in [7, 11) is -3.98. The van der Waals surface area contributed by atoms with Gasteiger partial charge in [0.2, 0.25) is 10.0 Å². The van der Waals surface area contributed by atoms with Crippen LogP contribution in [0.2, 0.25) is 0 Å². The maximum absolute atomic E-state index is 12.2. The monoisotopic (exact) mass is 418 g/mol. The highest BCUT2D eigenvalue weighted by Gasteiger charge is 2.33. The van der Waals surface area contributed by atoms with Gasteiger partial charge in [0, 0.05) is 17.5 Å². The van der Waals surface area contributed by atoms with Gasteiger partial charge in [-0.25, -0.2) is 23.1 Å². The van der Waals surface area contributed by atoms with Crippen LogP contribution in [-0.4, -0.2) is 47.6 Å². The summed E-state index contributed by atoms with van der Waals surface area (Å²) >= 11 is 0. The molecule has 3 rings (SSSR count). The first-order valence-corrected chi connectivity index (χ1v) is 10.4. The second-order valence-electron chi connectivity index (χ2n) is 6.91. The van der Waals surface area contributed by atoms with E-state index in [9.17, 15) is 21.6 Å². The molecule has 154 valence electrons. The summed E-state index contributed by atoms with van der Waals surface area (Å²) in [5, 5.41) is 4.72. The number of hydrazone groups is 1. The summed E-state index contributed by atoms with van der Waals surface area (Å²) in [5.74, 6) is 5.09. The third-order valence-corrected chi connectivity index (χ3v) is 6.41. The Labute approximate surface area is 159 Å². The SMILES string of the molecule is NN=C(c1ncnc2[nH]ccc12)C1CCC(CS(=O)(=O)NCC(F)(F)F)CC1. The van der Waals surface area contributed by atoms with E-state index in [1.54, 1.807) is 10.9 Å². The molecular formula is C16H21F3N6O2S. The molecule has 0 bridgehead atoms. The fraction of sp³-hybridized carbons (Fsp3) is 0.562. The molecule has 28 heavy (non-hydrogen) atoms. The Bertz CT molecular complexity index is 949. The van der Waals surface area contributed by atoms with Crippen molar-refractivity contribution in [3.63, 3.8) is 0 Å². The highest BCUT2D eigenvalue weighted by atomic mass is 32.2. The highest BCUT2D eigenvalue weighted by Crippen LogP contribution is 2.33. The molecule has 1 aliphatic carbocycles. The first-order chi connectivity index (χ1) is 13.2. The number of aromatic amines is 1. The number of H-pyrrole nitrogens is 1. The van der Waals surface area contributed by atoms with Crippen LogP contribution in [0.25, 0.3) is 11.0 Å². The number of halogens is 3. The van der Waals surface area contributed by atoms with Gasteiger partial charge in [-0.15, -0.1) is 0 Å². The van der Waals surface area contributed by atoms with Crippen LogP contribution in [0, 0.1) is 11.8 Å². The molecule has 4 N–H and O–H groups in total. The topological polar surface area (TPSA) is 126 Å². The van der Waals surface area contributed by atoms with Crippen LogP contribution < -0.4 is 10.6 Å². The molecule has 0 unspecified atom stereocenters. The van der Waals surface area contributed by atoms with Gasteiger partial charge in [0.05, 0.1) is 17.2 Å². The van der Waals surface area contributed by atoms with Crippen molar-refractivity contribution in [3.8, 4) is 0 Å².